The second-order valence-corrected chi connectivity index (χ2v) is 7.15. The highest BCUT2D eigenvalue weighted by Gasteiger charge is 2.20. The van der Waals surface area contributed by atoms with Gasteiger partial charge in [-0.25, -0.2) is 0 Å². The maximum Gasteiger partial charge on any atom is 0.220 e. The Balaban J connectivity index is 1.64. The van der Waals surface area contributed by atoms with Crippen LogP contribution in [-0.2, 0) is 11.2 Å². The third-order valence-electron chi connectivity index (χ3n) is 4.28. The molecule has 0 spiro atoms. The summed E-state index contributed by atoms with van der Waals surface area (Å²) in [6.45, 7) is 4.40. The van der Waals surface area contributed by atoms with Gasteiger partial charge in [-0.15, -0.1) is 0 Å². The monoisotopic (exact) mass is 415 g/mol. The number of hydrogen-bond acceptors (Lipinski definition) is 3. The summed E-state index contributed by atoms with van der Waals surface area (Å²) < 4.78 is 8.51. The number of amides is 1. The Kier molecular flexibility index (Phi) is 5.93. The standard InChI is InChI=1S/C20H22BrN3O2/c1-14-12-15(2)24(23-14)18(19-8-5-11-26-19)13-22-20(25)10-9-16-6-3-4-7-17(16)21/h3-8,11-12,18H,9-10,13H2,1-2H3,(H,22,25). The summed E-state index contributed by atoms with van der Waals surface area (Å²) in [6, 6.07) is 13.6. The SMILES string of the molecule is Cc1cc(C)n(C(CNC(=O)CCc2ccccc2Br)c2ccco2)n1. The summed E-state index contributed by atoms with van der Waals surface area (Å²) in [6.07, 6.45) is 2.77. The summed E-state index contributed by atoms with van der Waals surface area (Å²) in [5.41, 5.74) is 3.11. The van der Waals surface area contributed by atoms with Crippen molar-refractivity contribution in [3.63, 3.8) is 0 Å². The summed E-state index contributed by atoms with van der Waals surface area (Å²) in [7, 11) is 0. The Morgan fingerprint density at radius 3 is 2.73 bits per heavy atom. The van der Waals surface area contributed by atoms with Crippen molar-refractivity contribution >= 4 is 21.8 Å². The summed E-state index contributed by atoms with van der Waals surface area (Å²) in [5, 5.41) is 7.57. The lowest BCUT2D eigenvalue weighted by molar-refractivity contribution is -0.121. The van der Waals surface area contributed by atoms with Crippen molar-refractivity contribution in [2.75, 3.05) is 6.54 Å². The molecule has 0 aliphatic carbocycles. The van der Waals surface area contributed by atoms with Crippen LogP contribution in [0.3, 0.4) is 0 Å². The summed E-state index contributed by atoms with van der Waals surface area (Å²) in [5.74, 6) is 0.793. The maximum atomic E-state index is 12.3. The van der Waals surface area contributed by atoms with Gasteiger partial charge in [-0.3, -0.25) is 9.48 Å². The average molecular weight is 416 g/mol. The highest BCUT2D eigenvalue weighted by molar-refractivity contribution is 9.10. The number of benzene rings is 1. The van der Waals surface area contributed by atoms with Crippen LogP contribution in [0.5, 0.6) is 0 Å². The van der Waals surface area contributed by atoms with E-state index in [0.29, 0.717) is 19.4 Å². The third-order valence-corrected chi connectivity index (χ3v) is 5.06. The second-order valence-electron chi connectivity index (χ2n) is 6.30. The number of furan rings is 1. The van der Waals surface area contributed by atoms with Gasteiger partial charge in [0.25, 0.3) is 0 Å². The molecule has 0 bridgehead atoms. The molecule has 1 aromatic carbocycles. The van der Waals surface area contributed by atoms with Gasteiger partial charge in [0.1, 0.15) is 11.8 Å². The molecule has 136 valence electrons. The number of carbonyl (C=O) groups excluding carboxylic acids is 1. The number of carbonyl (C=O) groups is 1. The van der Waals surface area contributed by atoms with E-state index in [4.69, 9.17) is 4.42 Å². The number of aryl methyl sites for hydroxylation is 3. The topological polar surface area (TPSA) is 60.1 Å². The first kappa shape index (κ1) is 18.5. The molecule has 0 saturated heterocycles. The number of rotatable bonds is 7. The van der Waals surface area contributed by atoms with Crippen LogP contribution in [-0.4, -0.2) is 22.2 Å². The van der Waals surface area contributed by atoms with E-state index in [-0.39, 0.29) is 11.9 Å². The van der Waals surface area contributed by atoms with E-state index < -0.39 is 0 Å². The molecule has 0 radical (unpaired) electrons. The molecule has 0 aliphatic heterocycles. The third kappa shape index (κ3) is 4.43. The zero-order chi connectivity index (χ0) is 18.5. The number of halogens is 1. The Morgan fingerprint density at radius 1 is 1.27 bits per heavy atom. The van der Waals surface area contributed by atoms with Crippen LogP contribution >= 0.6 is 15.9 Å². The summed E-state index contributed by atoms with van der Waals surface area (Å²) in [4.78, 5) is 12.3. The zero-order valence-electron chi connectivity index (χ0n) is 14.9. The van der Waals surface area contributed by atoms with Gasteiger partial charge in [-0.2, -0.15) is 5.10 Å². The molecule has 0 fully saturated rings. The molecule has 1 N–H and O–H groups in total. The van der Waals surface area contributed by atoms with E-state index in [0.717, 1.165) is 27.2 Å². The van der Waals surface area contributed by atoms with Crippen LogP contribution in [0.4, 0.5) is 0 Å². The number of nitrogens with one attached hydrogen (secondary N) is 1. The first-order valence-corrected chi connectivity index (χ1v) is 9.40. The first-order valence-electron chi connectivity index (χ1n) is 8.61. The van der Waals surface area contributed by atoms with Crippen LogP contribution in [0.25, 0.3) is 0 Å². The van der Waals surface area contributed by atoms with Gasteiger partial charge in [-0.1, -0.05) is 34.1 Å². The van der Waals surface area contributed by atoms with E-state index >= 15 is 0 Å². The lowest BCUT2D eigenvalue weighted by Crippen LogP contribution is -2.32. The minimum Gasteiger partial charge on any atom is -0.467 e. The average Bonchev–Trinajstić information content (AvgIpc) is 3.25. The number of aromatic nitrogens is 2. The van der Waals surface area contributed by atoms with Crippen molar-refractivity contribution in [2.24, 2.45) is 0 Å². The molecule has 0 saturated carbocycles. The van der Waals surface area contributed by atoms with Crippen LogP contribution in [0.15, 0.2) is 57.6 Å². The van der Waals surface area contributed by atoms with E-state index in [1.165, 1.54) is 0 Å². The highest BCUT2D eigenvalue weighted by Crippen LogP contribution is 2.21. The van der Waals surface area contributed by atoms with Crippen molar-refractivity contribution < 1.29 is 9.21 Å². The van der Waals surface area contributed by atoms with Crippen LogP contribution in [0.1, 0.15) is 35.2 Å². The zero-order valence-corrected chi connectivity index (χ0v) is 16.5. The van der Waals surface area contributed by atoms with Crippen molar-refractivity contribution in [2.45, 2.75) is 32.7 Å². The predicted molar refractivity (Wildman–Crippen MR) is 104 cm³/mol. The molecule has 3 rings (SSSR count). The highest BCUT2D eigenvalue weighted by atomic mass is 79.9. The van der Waals surface area contributed by atoms with Crippen LogP contribution in [0.2, 0.25) is 0 Å². The Hall–Kier alpha value is -2.34. The van der Waals surface area contributed by atoms with Crippen molar-refractivity contribution in [1.29, 1.82) is 0 Å². The lowest BCUT2D eigenvalue weighted by Gasteiger charge is -2.18. The largest absolute Gasteiger partial charge is 0.467 e. The van der Waals surface area contributed by atoms with Crippen LogP contribution < -0.4 is 5.32 Å². The Morgan fingerprint density at radius 2 is 2.08 bits per heavy atom. The normalized spacial score (nSPS) is 12.1. The molecular formula is C20H22BrN3O2. The van der Waals surface area contributed by atoms with Gasteiger partial charge in [0.15, 0.2) is 0 Å². The fraction of sp³-hybridized carbons (Fsp3) is 0.300. The Labute approximate surface area is 161 Å². The van der Waals surface area contributed by atoms with E-state index in [2.05, 4.69) is 26.3 Å². The smallest absolute Gasteiger partial charge is 0.220 e. The van der Waals surface area contributed by atoms with Gasteiger partial charge >= 0.3 is 0 Å². The van der Waals surface area contributed by atoms with Crippen molar-refractivity contribution in [1.82, 2.24) is 15.1 Å². The molecule has 2 heterocycles. The minimum absolute atomic E-state index is 0.0128. The van der Waals surface area contributed by atoms with Gasteiger partial charge in [-0.05, 0) is 50.1 Å². The molecule has 6 heteroatoms. The molecule has 5 nitrogen and oxygen atoms in total. The quantitative estimate of drug-likeness (QED) is 0.628. The fourth-order valence-corrected chi connectivity index (χ4v) is 3.48. The van der Waals surface area contributed by atoms with Crippen LogP contribution in [0, 0.1) is 13.8 Å². The molecule has 0 aliphatic rings. The minimum atomic E-state index is -0.161. The molecule has 1 amide bonds. The maximum absolute atomic E-state index is 12.3. The molecule has 2 aromatic heterocycles. The summed E-state index contributed by atoms with van der Waals surface area (Å²) >= 11 is 3.52. The van der Waals surface area contributed by atoms with E-state index in [9.17, 15) is 4.79 Å². The van der Waals surface area contributed by atoms with E-state index in [1.807, 2.05) is 61.0 Å². The van der Waals surface area contributed by atoms with Gasteiger partial charge in [0.2, 0.25) is 5.91 Å². The van der Waals surface area contributed by atoms with Gasteiger partial charge in [0, 0.05) is 23.1 Å². The predicted octanol–water partition coefficient (Wildman–Crippen LogP) is 4.19. The molecule has 1 unspecified atom stereocenters. The Bertz CT molecular complexity index is 871. The number of hydrogen-bond donors (Lipinski definition) is 1. The van der Waals surface area contributed by atoms with Crippen molar-refractivity contribution in [3.8, 4) is 0 Å². The second kappa shape index (κ2) is 8.36. The number of nitrogens with zero attached hydrogens (tertiary/aromatic N) is 2. The van der Waals surface area contributed by atoms with E-state index in [1.54, 1.807) is 6.26 Å². The molecule has 1 atom stereocenters. The molecule has 3 aromatic rings. The van der Waals surface area contributed by atoms with Crippen molar-refractivity contribution in [3.05, 3.63) is 75.9 Å². The lowest BCUT2D eigenvalue weighted by atomic mass is 10.1. The molecular weight excluding hydrogens is 394 g/mol. The first-order chi connectivity index (χ1) is 12.5. The van der Waals surface area contributed by atoms with Gasteiger partial charge < -0.3 is 9.73 Å². The van der Waals surface area contributed by atoms with Gasteiger partial charge in [0.05, 0.1) is 12.0 Å². The molecule has 26 heavy (non-hydrogen) atoms. The fourth-order valence-electron chi connectivity index (χ4n) is 3.00.